The summed E-state index contributed by atoms with van der Waals surface area (Å²) >= 11 is 2.98. The minimum Gasteiger partial charge on any atom is -0.497 e. The van der Waals surface area contributed by atoms with Crippen LogP contribution in [0.25, 0.3) is 27.2 Å². The van der Waals surface area contributed by atoms with E-state index in [1.165, 1.54) is 11.3 Å². The van der Waals surface area contributed by atoms with E-state index in [4.69, 9.17) is 29.9 Å². The minimum absolute atomic E-state index is 0.314. The zero-order valence-corrected chi connectivity index (χ0v) is 22.5. The highest BCUT2D eigenvalue weighted by atomic mass is 32.1. The number of hydrogen-bond donors (Lipinski definition) is 1. The quantitative estimate of drug-likeness (QED) is 0.291. The van der Waals surface area contributed by atoms with E-state index in [2.05, 4.69) is 11.2 Å². The van der Waals surface area contributed by atoms with Crippen molar-refractivity contribution in [2.45, 2.75) is 20.0 Å². The van der Waals surface area contributed by atoms with Crippen molar-refractivity contribution in [3.63, 3.8) is 0 Å². The molecular weight excluding hydrogens is 522 g/mol. The molecule has 5 aromatic rings. The molecule has 0 radical (unpaired) electrons. The van der Waals surface area contributed by atoms with E-state index >= 15 is 0 Å². The molecule has 0 atom stereocenters. The van der Waals surface area contributed by atoms with Gasteiger partial charge < -0.3 is 19.9 Å². The number of thiazole rings is 1. The Balaban J connectivity index is 1.25. The van der Waals surface area contributed by atoms with Crippen LogP contribution in [0.15, 0.2) is 42.6 Å². The van der Waals surface area contributed by atoms with Crippen LogP contribution in [0.4, 0.5) is 0 Å². The lowest BCUT2D eigenvalue weighted by molar-refractivity contribution is 0.100. The van der Waals surface area contributed by atoms with Crippen LogP contribution in [0.5, 0.6) is 16.7 Å². The molecule has 0 saturated carbocycles. The average Bonchev–Trinajstić information content (AvgIpc) is 3.69. The van der Waals surface area contributed by atoms with Crippen LogP contribution in [0.3, 0.4) is 0 Å². The van der Waals surface area contributed by atoms with Gasteiger partial charge in [0.15, 0.2) is 0 Å². The first-order valence-corrected chi connectivity index (χ1v) is 13.4. The maximum atomic E-state index is 11.4. The number of fused-ring (bicyclic) bond motifs is 2. The normalized spacial score (nSPS) is 12.4. The number of nitrogens with zero attached hydrogens (tertiary/aromatic N) is 4. The molecule has 192 valence electrons. The number of aromatic nitrogens is 4. The SMILES string of the molecule is COc1cc2c(c(OCc3nc(-c4ccc(C(N)=O)cc4)sc3C)c1)C=C(c1cn3nc(OC)sc3n1)C2. The Morgan fingerprint density at radius 2 is 1.92 bits per heavy atom. The molecule has 1 aliphatic rings. The van der Waals surface area contributed by atoms with Gasteiger partial charge in [0, 0.05) is 34.1 Å². The maximum absolute atomic E-state index is 11.4. The summed E-state index contributed by atoms with van der Waals surface area (Å²) in [4.78, 5) is 22.8. The van der Waals surface area contributed by atoms with Crippen molar-refractivity contribution >= 4 is 45.2 Å². The second kappa shape index (κ2) is 9.58. The standard InChI is InChI=1S/C27H23N5O4S2/c1-14-22(29-25(37-14)16-6-4-15(5-7-16)24(28)33)13-36-23-11-19(34-2)9-17-8-18(10-20(17)23)21-12-32-26(30-21)38-27(31-32)35-3/h4-7,9-12H,8,13H2,1-3H3,(H2,28,33). The van der Waals surface area contributed by atoms with Crippen molar-refractivity contribution in [1.82, 2.24) is 19.6 Å². The fraction of sp³-hybridized carbons (Fsp3) is 0.185. The highest BCUT2D eigenvalue weighted by Gasteiger charge is 2.23. The molecule has 1 aliphatic carbocycles. The van der Waals surface area contributed by atoms with Crippen molar-refractivity contribution < 1.29 is 19.0 Å². The van der Waals surface area contributed by atoms with E-state index in [0.29, 0.717) is 23.8 Å². The first kappa shape index (κ1) is 24.1. The number of methoxy groups -OCH3 is 2. The van der Waals surface area contributed by atoms with Crippen LogP contribution in [0.1, 0.15) is 37.7 Å². The number of ether oxygens (including phenoxy) is 3. The number of amides is 1. The molecule has 0 bridgehead atoms. The monoisotopic (exact) mass is 545 g/mol. The molecule has 0 saturated heterocycles. The predicted molar refractivity (Wildman–Crippen MR) is 147 cm³/mol. The molecule has 2 aromatic carbocycles. The Morgan fingerprint density at radius 3 is 2.63 bits per heavy atom. The Labute approximate surface area is 226 Å². The summed E-state index contributed by atoms with van der Waals surface area (Å²) in [5.74, 6) is 1.01. The van der Waals surface area contributed by atoms with E-state index < -0.39 is 5.91 Å². The van der Waals surface area contributed by atoms with Crippen molar-refractivity contribution in [3.8, 4) is 27.3 Å². The second-order valence-corrected chi connectivity index (χ2v) is 10.8. The van der Waals surface area contributed by atoms with Gasteiger partial charge in [-0.15, -0.1) is 16.4 Å². The van der Waals surface area contributed by atoms with E-state index in [1.54, 1.807) is 42.2 Å². The van der Waals surface area contributed by atoms with Crippen LogP contribution in [0, 0.1) is 6.92 Å². The molecule has 0 spiro atoms. The maximum Gasteiger partial charge on any atom is 0.294 e. The number of rotatable bonds is 8. The Morgan fingerprint density at radius 1 is 1.11 bits per heavy atom. The third-order valence-electron chi connectivity index (χ3n) is 6.34. The zero-order chi connectivity index (χ0) is 26.4. The highest BCUT2D eigenvalue weighted by molar-refractivity contribution is 7.18. The molecule has 0 aliphatic heterocycles. The second-order valence-electron chi connectivity index (χ2n) is 8.72. The minimum atomic E-state index is -0.450. The van der Waals surface area contributed by atoms with Gasteiger partial charge in [0.05, 0.1) is 31.8 Å². The summed E-state index contributed by atoms with van der Waals surface area (Å²) in [6.07, 6.45) is 4.75. The summed E-state index contributed by atoms with van der Waals surface area (Å²) in [5, 5.41) is 5.81. The zero-order valence-electron chi connectivity index (χ0n) is 20.8. The van der Waals surface area contributed by atoms with Crippen LogP contribution >= 0.6 is 22.7 Å². The van der Waals surface area contributed by atoms with Gasteiger partial charge in [0.2, 0.25) is 10.9 Å². The van der Waals surface area contributed by atoms with Crippen molar-refractivity contribution in [2.75, 3.05) is 14.2 Å². The molecular formula is C27H23N5O4S2. The van der Waals surface area contributed by atoms with E-state index in [-0.39, 0.29) is 0 Å². The van der Waals surface area contributed by atoms with Crippen LogP contribution in [0.2, 0.25) is 0 Å². The fourth-order valence-corrected chi connectivity index (χ4v) is 5.95. The molecule has 1 amide bonds. The van der Waals surface area contributed by atoms with Crippen LogP contribution in [-0.2, 0) is 13.0 Å². The largest absolute Gasteiger partial charge is 0.497 e. The van der Waals surface area contributed by atoms with Crippen molar-refractivity contribution in [1.29, 1.82) is 0 Å². The summed E-state index contributed by atoms with van der Waals surface area (Å²) in [7, 11) is 3.25. The summed E-state index contributed by atoms with van der Waals surface area (Å²) in [6.45, 7) is 2.34. The van der Waals surface area contributed by atoms with Crippen molar-refractivity contribution in [2.24, 2.45) is 5.73 Å². The Bertz CT molecular complexity index is 1680. The number of allylic oxidation sites excluding steroid dienone is 1. The van der Waals surface area contributed by atoms with Crippen LogP contribution < -0.4 is 19.9 Å². The van der Waals surface area contributed by atoms with Gasteiger partial charge in [-0.1, -0.05) is 12.1 Å². The lowest BCUT2D eigenvalue weighted by atomic mass is 10.1. The summed E-state index contributed by atoms with van der Waals surface area (Å²) in [6, 6.07) is 11.1. The first-order valence-electron chi connectivity index (χ1n) is 11.7. The molecule has 6 rings (SSSR count). The number of primary amides is 1. The average molecular weight is 546 g/mol. The number of carbonyl (C=O) groups is 1. The number of hydrogen-bond acceptors (Lipinski definition) is 9. The van der Waals surface area contributed by atoms with Crippen molar-refractivity contribution in [3.05, 3.63) is 75.6 Å². The van der Waals surface area contributed by atoms with Gasteiger partial charge in [-0.25, -0.2) is 14.5 Å². The van der Waals surface area contributed by atoms with E-state index in [9.17, 15) is 4.79 Å². The van der Waals surface area contributed by atoms with Gasteiger partial charge in [-0.05, 0) is 53.7 Å². The van der Waals surface area contributed by atoms with Gasteiger partial charge in [0.25, 0.3) is 5.19 Å². The fourth-order valence-electron chi connectivity index (χ4n) is 4.33. The number of benzene rings is 2. The third-order valence-corrected chi connectivity index (χ3v) is 8.28. The number of nitrogens with two attached hydrogens (primary N) is 1. The van der Waals surface area contributed by atoms with Gasteiger partial charge in [-0.2, -0.15) is 0 Å². The molecule has 2 N–H and O–H groups in total. The summed E-state index contributed by atoms with van der Waals surface area (Å²) in [5.41, 5.74) is 11.7. The molecule has 38 heavy (non-hydrogen) atoms. The summed E-state index contributed by atoms with van der Waals surface area (Å²) < 4.78 is 18.8. The van der Waals surface area contributed by atoms with Gasteiger partial charge >= 0.3 is 0 Å². The van der Waals surface area contributed by atoms with Gasteiger partial charge in [-0.3, -0.25) is 4.79 Å². The van der Waals surface area contributed by atoms with Crippen LogP contribution in [-0.4, -0.2) is 39.7 Å². The first-order chi connectivity index (χ1) is 18.4. The lowest BCUT2D eigenvalue weighted by Gasteiger charge is -2.12. The Hall–Kier alpha value is -4.22. The number of imidazole rings is 1. The number of aryl methyl sites for hydroxylation is 1. The molecule has 3 heterocycles. The van der Waals surface area contributed by atoms with E-state index in [1.807, 2.05) is 37.4 Å². The molecule has 0 fully saturated rings. The van der Waals surface area contributed by atoms with Gasteiger partial charge in [0.1, 0.15) is 23.1 Å². The Kier molecular flexibility index (Phi) is 6.09. The molecule has 3 aromatic heterocycles. The molecule has 0 unspecified atom stereocenters. The molecule has 11 heteroatoms. The predicted octanol–water partition coefficient (Wildman–Crippen LogP) is 5.01. The van der Waals surface area contributed by atoms with E-state index in [0.717, 1.165) is 60.0 Å². The lowest BCUT2D eigenvalue weighted by Crippen LogP contribution is -2.10. The highest BCUT2D eigenvalue weighted by Crippen LogP contribution is 2.40. The topological polar surface area (TPSA) is 114 Å². The number of carbonyl (C=O) groups excluding carboxylic acids is 1. The smallest absolute Gasteiger partial charge is 0.294 e. The third kappa shape index (κ3) is 4.39. The molecule has 9 nitrogen and oxygen atoms in total.